The third-order valence-corrected chi connectivity index (χ3v) is 3.03. The Kier molecular flexibility index (Phi) is 2.29. The van der Waals surface area contributed by atoms with Crippen molar-refractivity contribution in [2.45, 2.75) is 6.42 Å². The molecule has 1 heterocycles. The summed E-state index contributed by atoms with van der Waals surface area (Å²) in [7, 11) is 0. The molecule has 0 aliphatic rings. The molecule has 0 aliphatic carbocycles. The highest BCUT2D eigenvalue weighted by molar-refractivity contribution is 7.17. The predicted octanol–water partition coefficient (Wildman–Crippen LogP) is 2.54. The fourth-order valence-corrected chi connectivity index (χ4v) is 2.46. The molecule has 1 aromatic carbocycles. The number of halogens is 1. The summed E-state index contributed by atoms with van der Waals surface area (Å²) in [6.07, 6.45) is 0.751. The highest BCUT2D eigenvalue weighted by Crippen LogP contribution is 2.28. The molecule has 1 aromatic heterocycles. The van der Waals surface area contributed by atoms with E-state index in [0.717, 1.165) is 22.1 Å². The molecule has 1 nitrogen and oxygen atoms in total. The van der Waals surface area contributed by atoms with Crippen LogP contribution in [0.4, 0.5) is 4.39 Å². The summed E-state index contributed by atoms with van der Waals surface area (Å²) in [5, 5.41) is 2.73. The minimum Gasteiger partial charge on any atom is -0.330 e. The lowest BCUT2D eigenvalue weighted by molar-refractivity contribution is 0.639. The summed E-state index contributed by atoms with van der Waals surface area (Å²) in [4.78, 5) is 0. The Morgan fingerprint density at radius 3 is 3.00 bits per heavy atom. The molecule has 0 saturated carbocycles. The molecule has 0 aliphatic heterocycles. The summed E-state index contributed by atoms with van der Waals surface area (Å²) in [5.41, 5.74) is 6.47. The highest BCUT2D eigenvalue weighted by Gasteiger charge is 2.07. The van der Waals surface area contributed by atoms with Gasteiger partial charge in [-0.3, -0.25) is 0 Å². The SMILES string of the molecule is NCCc1csc2cccc(F)c12. The van der Waals surface area contributed by atoms with Gasteiger partial charge in [-0.1, -0.05) is 6.07 Å². The van der Waals surface area contributed by atoms with Crippen molar-refractivity contribution in [3.05, 3.63) is 35.0 Å². The van der Waals surface area contributed by atoms with E-state index in [9.17, 15) is 4.39 Å². The molecule has 0 atom stereocenters. The molecule has 13 heavy (non-hydrogen) atoms. The van der Waals surface area contributed by atoms with Crippen LogP contribution in [0.5, 0.6) is 0 Å². The van der Waals surface area contributed by atoms with Crippen LogP contribution in [0.3, 0.4) is 0 Å². The average Bonchev–Trinajstić information content (AvgIpc) is 2.51. The van der Waals surface area contributed by atoms with Gasteiger partial charge in [0.05, 0.1) is 0 Å². The van der Waals surface area contributed by atoms with E-state index in [4.69, 9.17) is 5.73 Å². The lowest BCUT2D eigenvalue weighted by atomic mass is 10.1. The zero-order valence-electron chi connectivity index (χ0n) is 7.09. The third-order valence-electron chi connectivity index (χ3n) is 2.04. The minimum absolute atomic E-state index is 0.137. The number of fused-ring (bicyclic) bond motifs is 1. The Labute approximate surface area is 80.0 Å². The van der Waals surface area contributed by atoms with Gasteiger partial charge in [-0.15, -0.1) is 11.3 Å². The minimum atomic E-state index is -0.137. The number of thiophene rings is 1. The van der Waals surface area contributed by atoms with E-state index in [1.165, 1.54) is 6.07 Å². The molecule has 2 aromatic rings. The van der Waals surface area contributed by atoms with Crippen molar-refractivity contribution in [3.63, 3.8) is 0 Å². The second kappa shape index (κ2) is 3.44. The van der Waals surface area contributed by atoms with Crippen molar-refractivity contribution < 1.29 is 4.39 Å². The topological polar surface area (TPSA) is 26.0 Å². The van der Waals surface area contributed by atoms with E-state index < -0.39 is 0 Å². The maximum atomic E-state index is 13.4. The Hall–Kier alpha value is -0.930. The molecule has 2 N–H and O–H groups in total. The van der Waals surface area contributed by atoms with Crippen LogP contribution >= 0.6 is 11.3 Å². The van der Waals surface area contributed by atoms with Gasteiger partial charge in [0, 0.05) is 10.1 Å². The molecule has 0 spiro atoms. The quantitative estimate of drug-likeness (QED) is 0.783. The number of rotatable bonds is 2. The average molecular weight is 195 g/mol. The summed E-state index contributed by atoms with van der Waals surface area (Å²) in [6.45, 7) is 0.570. The lowest BCUT2D eigenvalue weighted by Gasteiger charge is -1.96. The third kappa shape index (κ3) is 1.45. The van der Waals surface area contributed by atoms with Crippen LogP contribution in [0, 0.1) is 5.82 Å². The molecule has 3 heteroatoms. The van der Waals surface area contributed by atoms with E-state index in [1.54, 1.807) is 17.4 Å². The number of hydrogen-bond donors (Lipinski definition) is 1. The van der Waals surface area contributed by atoms with Gasteiger partial charge in [0.15, 0.2) is 0 Å². The van der Waals surface area contributed by atoms with Crippen molar-refractivity contribution >= 4 is 21.4 Å². The molecule has 68 valence electrons. The normalized spacial score (nSPS) is 10.9. The molecule has 0 saturated heterocycles. The van der Waals surface area contributed by atoms with Crippen LogP contribution in [0.2, 0.25) is 0 Å². The monoisotopic (exact) mass is 195 g/mol. The zero-order valence-corrected chi connectivity index (χ0v) is 7.90. The van der Waals surface area contributed by atoms with Crippen molar-refractivity contribution in [2.75, 3.05) is 6.54 Å². The van der Waals surface area contributed by atoms with Crippen molar-refractivity contribution in [1.82, 2.24) is 0 Å². The molecule has 0 radical (unpaired) electrons. The van der Waals surface area contributed by atoms with E-state index in [2.05, 4.69) is 0 Å². The van der Waals surface area contributed by atoms with Gasteiger partial charge in [0.1, 0.15) is 5.82 Å². The zero-order chi connectivity index (χ0) is 9.26. The van der Waals surface area contributed by atoms with Crippen molar-refractivity contribution in [3.8, 4) is 0 Å². The molecule has 0 bridgehead atoms. The van der Waals surface area contributed by atoms with Crippen LogP contribution < -0.4 is 5.73 Å². The van der Waals surface area contributed by atoms with E-state index >= 15 is 0 Å². The van der Waals surface area contributed by atoms with Gasteiger partial charge in [-0.05, 0) is 36.0 Å². The molecule has 0 fully saturated rings. The Morgan fingerprint density at radius 2 is 2.23 bits per heavy atom. The fourth-order valence-electron chi connectivity index (χ4n) is 1.45. The van der Waals surface area contributed by atoms with Gasteiger partial charge in [-0.2, -0.15) is 0 Å². The van der Waals surface area contributed by atoms with E-state index in [0.29, 0.717) is 6.54 Å². The fraction of sp³-hybridized carbons (Fsp3) is 0.200. The molecular formula is C10H10FNS. The van der Waals surface area contributed by atoms with Crippen molar-refractivity contribution in [1.29, 1.82) is 0 Å². The van der Waals surface area contributed by atoms with Crippen LogP contribution in [0.1, 0.15) is 5.56 Å². The van der Waals surface area contributed by atoms with Gasteiger partial charge >= 0.3 is 0 Å². The summed E-state index contributed by atoms with van der Waals surface area (Å²) in [5.74, 6) is -0.137. The smallest absolute Gasteiger partial charge is 0.132 e. The second-order valence-corrected chi connectivity index (χ2v) is 3.82. The first-order valence-electron chi connectivity index (χ1n) is 4.17. The van der Waals surface area contributed by atoms with Crippen LogP contribution in [0.25, 0.3) is 10.1 Å². The summed E-state index contributed by atoms with van der Waals surface area (Å²) >= 11 is 1.57. The largest absolute Gasteiger partial charge is 0.330 e. The molecule has 0 unspecified atom stereocenters. The predicted molar refractivity (Wildman–Crippen MR) is 54.5 cm³/mol. The maximum Gasteiger partial charge on any atom is 0.132 e. The Balaban J connectivity index is 2.64. The van der Waals surface area contributed by atoms with Crippen LogP contribution in [-0.2, 0) is 6.42 Å². The number of nitrogens with two attached hydrogens (primary N) is 1. The highest BCUT2D eigenvalue weighted by atomic mass is 32.1. The molecule has 2 rings (SSSR count). The molecule has 0 amide bonds. The number of benzene rings is 1. The van der Waals surface area contributed by atoms with Gasteiger partial charge in [0.25, 0.3) is 0 Å². The van der Waals surface area contributed by atoms with Gasteiger partial charge in [0.2, 0.25) is 0 Å². The Bertz CT molecular complexity index is 422. The van der Waals surface area contributed by atoms with E-state index in [-0.39, 0.29) is 5.82 Å². The summed E-state index contributed by atoms with van der Waals surface area (Å²) < 4.78 is 14.4. The van der Waals surface area contributed by atoms with Gasteiger partial charge < -0.3 is 5.73 Å². The van der Waals surface area contributed by atoms with Gasteiger partial charge in [-0.25, -0.2) is 4.39 Å². The standard InChI is InChI=1S/C10H10FNS/c11-8-2-1-3-9-10(8)7(4-5-12)6-13-9/h1-3,6H,4-5,12H2. The Morgan fingerprint density at radius 1 is 1.38 bits per heavy atom. The summed E-state index contributed by atoms with van der Waals surface area (Å²) in [6, 6.07) is 5.17. The first kappa shape index (κ1) is 8.66. The first-order valence-corrected chi connectivity index (χ1v) is 5.05. The lowest BCUT2D eigenvalue weighted by Crippen LogP contribution is -2.02. The van der Waals surface area contributed by atoms with E-state index in [1.807, 2.05) is 11.4 Å². The first-order chi connectivity index (χ1) is 6.33. The molecular weight excluding hydrogens is 185 g/mol. The maximum absolute atomic E-state index is 13.4. The van der Waals surface area contributed by atoms with Crippen molar-refractivity contribution in [2.24, 2.45) is 5.73 Å². The second-order valence-electron chi connectivity index (χ2n) is 2.91. The van der Waals surface area contributed by atoms with Crippen LogP contribution in [0.15, 0.2) is 23.6 Å². The number of hydrogen-bond acceptors (Lipinski definition) is 2. The van der Waals surface area contributed by atoms with Crippen LogP contribution in [-0.4, -0.2) is 6.54 Å².